The zero-order valence-corrected chi connectivity index (χ0v) is 50.6. The molecule has 0 atom stereocenters. The SMILES string of the molecule is CS(=O)(=O)OCCOCCOCCOCCOCCOCCOCCOCCOCCOCCOCCOCCOCCOCCOCCOCCOCCOCCOCCOCCOC(c1ccccc1)(c1ccccc1)c1ccccc1. The molecule has 0 unspecified atom stereocenters. The Morgan fingerprint density at radius 3 is 0.524 bits per heavy atom. The summed E-state index contributed by atoms with van der Waals surface area (Å²) in [7, 11) is -3.44. The van der Waals surface area contributed by atoms with Gasteiger partial charge in [-0.05, 0) is 16.7 Å². The third kappa shape index (κ3) is 43.4. The Morgan fingerprint density at radius 2 is 0.369 bits per heavy atom. The first kappa shape index (κ1) is 75.0. The van der Waals surface area contributed by atoms with E-state index in [2.05, 4.69) is 40.6 Å². The third-order valence-electron chi connectivity index (χ3n) is 11.3. The van der Waals surface area contributed by atoms with Crippen LogP contribution in [0.5, 0.6) is 0 Å². The van der Waals surface area contributed by atoms with Crippen molar-refractivity contribution in [1.29, 1.82) is 0 Å². The Morgan fingerprint density at radius 1 is 0.226 bits per heavy atom. The van der Waals surface area contributed by atoms with Crippen LogP contribution < -0.4 is 0 Å². The Labute approximate surface area is 499 Å². The van der Waals surface area contributed by atoms with Crippen LogP contribution in [0, 0.1) is 0 Å². The second-order valence-corrected chi connectivity index (χ2v) is 19.4. The van der Waals surface area contributed by atoms with Crippen molar-refractivity contribution in [3.63, 3.8) is 0 Å². The van der Waals surface area contributed by atoms with E-state index in [0.29, 0.717) is 251 Å². The molecule has 3 aromatic carbocycles. The molecule has 0 radical (unpaired) electrons. The molecular formula is C60H98O23S. The van der Waals surface area contributed by atoms with Gasteiger partial charge in [-0.3, -0.25) is 4.18 Å². The maximum Gasteiger partial charge on any atom is 0.264 e. The summed E-state index contributed by atoms with van der Waals surface area (Å²) in [6.07, 6.45) is 0.995. The average Bonchev–Trinajstić information content (AvgIpc) is 2.48. The van der Waals surface area contributed by atoms with Gasteiger partial charge in [-0.25, -0.2) is 0 Å². The van der Waals surface area contributed by atoms with Gasteiger partial charge in [0, 0.05) is 0 Å². The molecule has 482 valence electrons. The molecule has 0 saturated heterocycles. The van der Waals surface area contributed by atoms with Crippen molar-refractivity contribution >= 4 is 10.1 Å². The molecule has 0 N–H and O–H groups in total. The maximum atomic E-state index is 10.8. The molecule has 0 aliphatic rings. The number of rotatable bonds is 65. The van der Waals surface area contributed by atoms with Crippen LogP contribution in [-0.2, 0) is 115 Å². The molecule has 3 rings (SSSR count). The fourth-order valence-electron chi connectivity index (χ4n) is 7.33. The second kappa shape index (κ2) is 56.3. The first-order chi connectivity index (χ1) is 41.5. The van der Waals surface area contributed by atoms with E-state index in [0.717, 1.165) is 22.9 Å². The summed E-state index contributed by atoms with van der Waals surface area (Å²) in [4.78, 5) is 0. The van der Waals surface area contributed by atoms with Gasteiger partial charge in [-0.2, -0.15) is 8.42 Å². The number of ether oxygens (including phenoxy) is 20. The summed E-state index contributed by atoms with van der Waals surface area (Å²) in [6, 6.07) is 30.9. The van der Waals surface area contributed by atoms with Crippen molar-refractivity contribution in [2.75, 3.05) is 271 Å². The normalized spacial score (nSPS) is 12.0. The summed E-state index contributed by atoms with van der Waals surface area (Å²) >= 11 is 0. The third-order valence-corrected chi connectivity index (χ3v) is 11.9. The van der Waals surface area contributed by atoms with Crippen molar-refractivity contribution in [3.8, 4) is 0 Å². The number of benzene rings is 3. The van der Waals surface area contributed by atoms with Gasteiger partial charge in [0.15, 0.2) is 0 Å². The molecular weight excluding hydrogens is 1120 g/mol. The smallest absolute Gasteiger partial charge is 0.264 e. The molecule has 0 fully saturated rings. The van der Waals surface area contributed by atoms with Crippen molar-refractivity contribution in [2.45, 2.75) is 5.60 Å². The fourth-order valence-corrected chi connectivity index (χ4v) is 7.70. The van der Waals surface area contributed by atoms with Crippen LogP contribution >= 0.6 is 0 Å². The van der Waals surface area contributed by atoms with Crippen molar-refractivity contribution in [1.82, 2.24) is 0 Å². The van der Waals surface area contributed by atoms with Crippen molar-refractivity contribution in [3.05, 3.63) is 108 Å². The number of hydrogen-bond donors (Lipinski definition) is 0. The molecule has 0 heterocycles. The Bertz CT molecular complexity index is 1830. The molecule has 3 aromatic rings. The second-order valence-electron chi connectivity index (χ2n) is 17.8. The van der Waals surface area contributed by atoms with Crippen LogP contribution in [0.4, 0.5) is 0 Å². The molecule has 0 aromatic heterocycles. The lowest BCUT2D eigenvalue weighted by Crippen LogP contribution is -2.34. The predicted molar refractivity (Wildman–Crippen MR) is 312 cm³/mol. The molecule has 0 bridgehead atoms. The lowest BCUT2D eigenvalue weighted by molar-refractivity contribution is -0.0399. The predicted octanol–water partition coefficient (Wildman–Crippen LogP) is 4.29. The molecule has 0 amide bonds. The standard InChI is InChI=1S/C60H98O23S/c1-84(61,62)83-56-54-81-52-50-79-48-46-77-44-42-75-40-38-73-36-34-71-32-30-69-28-26-67-24-22-65-20-18-63-17-19-64-21-23-66-25-27-68-29-31-70-33-35-72-37-39-74-41-43-76-45-47-78-49-51-80-53-55-82-60(57-11-5-2-6-12-57,58-13-7-3-8-14-58)59-15-9-4-10-16-59/h2-16H,17-56H2,1H3. The van der Waals surface area contributed by atoms with Crippen LogP contribution in [0.2, 0.25) is 0 Å². The van der Waals surface area contributed by atoms with E-state index < -0.39 is 15.7 Å². The average molecular weight is 1220 g/mol. The summed E-state index contributed by atoms with van der Waals surface area (Å²) in [5.74, 6) is 0. The lowest BCUT2D eigenvalue weighted by Gasteiger charge is -2.36. The highest BCUT2D eigenvalue weighted by Crippen LogP contribution is 2.40. The van der Waals surface area contributed by atoms with Gasteiger partial charge in [0.1, 0.15) is 5.60 Å². The first-order valence-corrected chi connectivity index (χ1v) is 31.0. The largest absolute Gasteiger partial charge is 0.377 e. The molecule has 23 nitrogen and oxygen atoms in total. The van der Waals surface area contributed by atoms with E-state index >= 15 is 0 Å². The minimum absolute atomic E-state index is 0.0105. The van der Waals surface area contributed by atoms with E-state index in [-0.39, 0.29) is 13.2 Å². The van der Waals surface area contributed by atoms with Gasteiger partial charge < -0.3 is 94.7 Å². The summed E-state index contributed by atoms with van der Waals surface area (Å²) in [5.41, 5.74) is 2.41. The molecule has 0 aliphatic heterocycles. The summed E-state index contributed by atoms with van der Waals surface area (Å²) in [5, 5.41) is 0. The topological polar surface area (TPSA) is 228 Å². The van der Waals surface area contributed by atoms with Crippen LogP contribution in [0.25, 0.3) is 0 Å². The zero-order valence-electron chi connectivity index (χ0n) is 49.7. The summed E-state index contributed by atoms with van der Waals surface area (Å²) in [6.45, 7) is 17.8. The highest BCUT2D eigenvalue weighted by molar-refractivity contribution is 7.85. The Hall–Kier alpha value is -3.23. The minimum Gasteiger partial charge on any atom is -0.377 e. The van der Waals surface area contributed by atoms with Gasteiger partial charge in [-0.1, -0.05) is 91.0 Å². The van der Waals surface area contributed by atoms with Crippen LogP contribution in [0.3, 0.4) is 0 Å². The molecule has 0 saturated carbocycles. The van der Waals surface area contributed by atoms with E-state index in [1.807, 2.05) is 54.6 Å². The molecule has 0 spiro atoms. The van der Waals surface area contributed by atoms with Crippen LogP contribution in [0.15, 0.2) is 91.0 Å². The zero-order chi connectivity index (χ0) is 59.5. The van der Waals surface area contributed by atoms with Crippen molar-refractivity contribution in [2.24, 2.45) is 0 Å². The van der Waals surface area contributed by atoms with Crippen molar-refractivity contribution < 1.29 is 107 Å². The lowest BCUT2D eigenvalue weighted by atomic mass is 9.80. The van der Waals surface area contributed by atoms with Gasteiger partial charge in [-0.15, -0.1) is 0 Å². The van der Waals surface area contributed by atoms with E-state index in [1.165, 1.54) is 0 Å². The Balaban J connectivity index is 0.904. The van der Waals surface area contributed by atoms with Gasteiger partial charge >= 0.3 is 0 Å². The Kier molecular flexibility index (Phi) is 50.3. The number of hydrogen-bond acceptors (Lipinski definition) is 23. The van der Waals surface area contributed by atoms with Crippen LogP contribution in [-0.4, -0.2) is 279 Å². The maximum absolute atomic E-state index is 10.8. The van der Waals surface area contributed by atoms with E-state index in [9.17, 15) is 8.42 Å². The molecule has 84 heavy (non-hydrogen) atoms. The fraction of sp³-hybridized carbons (Fsp3) is 0.700. The van der Waals surface area contributed by atoms with E-state index in [4.69, 9.17) is 94.7 Å². The van der Waals surface area contributed by atoms with Gasteiger partial charge in [0.25, 0.3) is 10.1 Å². The van der Waals surface area contributed by atoms with Gasteiger partial charge in [0.2, 0.25) is 0 Å². The molecule has 0 aliphatic carbocycles. The van der Waals surface area contributed by atoms with Crippen LogP contribution in [0.1, 0.15) is 16.7 Å². The highest BCUT2D eigenvalue weighted by Gasteiger charge is 2.37. The van der Waals surface area contributed by atoms with E-state index in [1.54, 1.807) is 0 Å². The monoisotopic (exact) mass is 1220 g/mol. The molecule has 24 heteroatoms. The summed E-state index contributed by atoms with van der Waals surface area (Å²) < 4.78 is 138. The first-order valence-electron chi connectivity index (χ1n) is 29.1. The minimum atomic E-state index is -3.44. The highest BCUT2D eigenvalue weighted by atomic mass is 32.2. The quantitative estimate of drug-likeness (QED) is 0.0436. The van der Waals surface area contributed by atoms with Gasteiger partial charge in [0.05, 0.1) is 271 Å².